The third-order valence-corrected chi connectivity index (χ3v) is 4.62. The molecule has 1 unspecified atom stereocenters. The Morgan fingerprint density at radius 2 is 2.15 bits per heavy atom. The van der Waals surface area contributed by atoms with Gasteiger partial charge in [-0.15, -0.1) is 0 Å². The number of nitrogens with one attached hydrogen (secondary N) is 1. The van der Waals surface area contributed by atoms with Crippen LogP contribution in [0.2, 0.25) is 0 Å². The minimum absolute atomic E-state index is 0.142. The molecule has 2 N–H and O–H groups in total. The van der Waals surface area contributed by atoms with Crippen molar-refractivity contribution in [2.75, 3.05) is 11.5 Å². The number of benzene rings is 1. The number of rotatable bonds is 3. The summed E-state index contributed by atoms with van der Waals surface area (Å²) in [7, 11) is 0. The molecule has 0 aliphatic carbocycles. The molecule has 1 fully saturated rings. The van der Waals surface area contributed by atoms with E-state index in [2.05, 4.69) is 5.32 Å². The van der Waals surface area contributed by atoms with Crippen molar-refractivity contribution in [2.45, 2.75) is 12.0 Å². The van der Waals surface area contributed by atoms with Gasteiger partial charge in [-0.05, 0) is 24.3 Å². The standard InChI is InChI=1S/C14H13NO4S/c16-12(15-14(13(17)18)5-6-20-8-14)11-7-9-3-1-2-4-10(9)19-11/h1-4,7H,5-6,8H2,(H,15,16)(H,17,18). The molecular weight excluding hydrogens is 278 g/mol. The fourth-order valence-corrected chi connectivity index (χ4v) is 3.58. The number of hydrogen-bond acceptors (Lipinski definition) is 4. The number of carbonyl (C=O) groups is 2. The maximum Gasteiger partial charge on any atom is 0.330 e. The molecule has 3 rings (SSSR count). The molecule has 1 amide bonds. The van der Waals surface area contributed by atoms with Crippen LogP contribution in [0.3, 0.4) is 0 Å². The molecule has 104 valence electrons. The van der Waals surface area contributed by atoms with Crippen molar-refractivity contribution >= 4 is 34.6 Å². The van der Waals surface area contributed by atoms with Gasteiger partial charge >= 0.3 is 5.97 Å². The summed E-state index contributed by atoms with van der Waals surface area (Å²) in [5.74, 6) is -0.220. The van der Waals surface area contributed by atoms with E-state index >= 15 is 0 Å². The summed E-state index contributed by atoms with van der Waals surface area (Å²) < 4.78 is 5.45. The zero-order valence-electron chi connectivity index (χ0n) is 10.6. The molecule has 0 bridgehead atoms. The first kappa shape index (κ1) is 13.1. The highest BCUT2D eigenvalue weighted by Crippen LogP contribution is 2.29. The molecule has 0 spiro atoms. The van der Waals surface area contributed by atoms with Gasteiger partial charge in [0.2, 0.25) is 0 Å². The highest BCUT2D eigenvalue weighted by molar-refractivity contribution is 7.99. The third kappa shape index (κ3) is 2.16. The van der Waals surface area contributed by atoms with Gasteiger partial charge in [0.05, 0.1) is 0 Å². The molecule has 1 atom stereocenters. The lowest BCUT2D eigenvalue weighted by Gasteiger charge is -2.23. The van der Waals surface area contributed by atoms with Crippen molar-refractivity contribution in [3.63, 3.8) is 0 Å². The fourth-order valence-electron chi connectivity index (χ4n) is 2.26. The van der Waals surface area contributed by atoms with Crippen LogP contribution in [0.1, 0.15) is 17.0 Å². The minimum Gasteiger partial charge on any atom is -0.479 e. The highest BCUT2D eigenvalue weighted by atomic mass is 32.2. The Balaban J connectivity index is 1.87. The Labute approximate surface area is 119 Å². The predicted octanol–water partition coefficient (Wildman–Crippen LogP) is 2.12. The largest absolute Gasteiger partial charge is 0.479 e. The van der Waals surface area contributed by atoms with Crippen molar-refractivity contribution in [2.24, 2.45) is 0 Å². The summed E-state index contributed by atoms with van der Waals surface area (Å²) in [5, 5.41) is 12.8. The van der Waals surface area contributed by atoms with Crippen molar-refractivity contribution in [1.29, 1.82) is 0 Å². The second-order valence-corrected chi connectivity index (χ2v) is 5.90. The smallest absolute Gasteiger partial charge is 0.330 e. The first-order valence-electron chi connectivity index (χ1n) is 6.23. The van der Waals surface area contributed by atoms with Crippen molar-refractivity contribution < 1.29 is 19.1 Å². The van der Waals surface area contributed by atoms with E-state index in [0.717, 1.165) is 11.1 Å². The average Bonchev–Trinajstić information content (AvgIpc) is 3.05. The van der Waals surface area contributed by atoms with Crippen molar-refractivity contribution in [3.8, 4) is 0 Å². The van der Waals surface area contributed by atoms with Crippen LogP contribution < -0.4 is 5.32 Å². The number of amides is 1. The van der Waals surface area contributed by atoms with Crippen LogP contribution in [0.15, 0.2) is 34.7 Å². The molecule has 5 nitrogen and oxygen atoms in total. The molecule has 1 aliphatic rings. The van der Waals surface area contributed by atoms with E-state index in [0.29, 0.717) is 17.8 Å². The lowest BCUT2D eigenvalue weighted by atomic mass is 9.99. The molecule has 6 heteroatoms. The van der Waals surface area contributed by atoms with Crippen LogP contribution in [0.25, 0.3) is 11.0 Å². The van der Waals surface area contributed by atoms with E-state index in [9.17, 15) is 14.7 Å². The van der Waals surface area contributed by atoms with Gasteiger partial charge in [0.1, 0.15) is 11.1 Å². The SMILES string of the molecule is O=C(NC1(C(=O)O)CCSC1)c1cc2ccccc2o1. The van der Waals surface area contributed by atoms with Gasteiger partial charge < -0.3 is 14.8 Å². The Bertz CT molecular complexity index is 640. The minimum atomic E-state index is -1.18. The number of hydrogen-bond donors (Lipinski definition) is 2. The van der Waals surface area contributed by atoms with Gasteiger partial charge in [-0.3, -0.25) is 4.79 Å². The number of furan rings is 1. The molecule has 1 aromatic carbocycles. The number of para-hydroxylation sites is 1. The molecule has 2 aromatic rings. The van der Waals surface area contributed by atoms with Gasteiger partial charge in [0.15, 0.2) is 5.76 Å². The summed E-state index contributed by atoms with van der Waals surface area (Å²) >= 11 is 1.53. The molecule has 2 heterocycles. The molecular formula is C14H13NO4S. The van der Waals surface area contributed by atoms with Gasteiger partial charge in [-0.2, -0.15) is 11.8 Å². The Kier molecular flexibility index (Phi) is 3.17. The summed E-state index contributed by atoms with van der Waals surface area (Å²) in [6.07, 6.45) is 0.430. The molecule has 20 heavy (non-hydrogen) atoms. The second kappa shape index (κ2) is 4.86. The van der Waals surface area contributed by atoms with Crippen LogP contribution in [0.5, 0.6) is 0 Å². The van der Waals surface area contributed by atoms with Gasteiger partial charge in [0, 0.05) is 11.1 Å². The first-order chi connectivity index (χ1) is 9.61. The Morgan fingerprint density at radius 3 is 2.80 bits per heavy atom. The lowest BCUT2D eigenvalue weighted by Crippen LogP contribution is -2.54. The number of aliphatic carboxylic acids is 1. The number of fused-ring (bicyclic) bond motifs is 1. The molecule has 1 saturated heterocycles. The molecule has 0 radical (unpaired) electrons. The van der Waals surface area contributed by atoms with Crippen LogP contribution >= 0.6 is 11.8 Å². The molecule has 0 saturated carbocycles. The van der Waals surface area contributed by atoms with Crippen LogP contribution in [0.4, 0.5) is 0 Å². The summed E-state index contributed by atoms with van der Waals surface area (Å²) in [5.41, 5.74) is -0.566. The quantitative estimate of drug-likeness (QED) is 0.905. The van der Waals surface area contributed by atoms with Crippen molar-refractivity contribution in [3.05, 3.63) is 36.1 Å². The van der Waals surface area contributed by atoms with Crippen LogP contribution in [-0.4, -0.2) is 34.0 Å². The summed E-state index contributed by atoms with van der Waals surface area (Å²) in [4.78, 5) is 23.6. The number of carboxylic acids is 1. The van der Waals surface area contributed by atoms with Crippen molar-refractivity contribution in [1.82, 2.24) is 5.32 Å². The normalized spacial score (nSPS) is 22.0. The van der Waals surface area contributed by atoms with Gasteiger partial charge in [-0.25, -0.2) is 4.79 Å². The molecule has 1 aromatic heterocycles. The maximum absolute atomic E-state index is 12.2. The Hall–Kier alpha value is -1.95. The van der Waals surface area contributed by atoms with E-state index in [1.165, 1.54) is 11.8 Å². The molecule has 1 aliphatic heterocycles. The number of thioether (sulfide) groups is 1. The monoisotopic (exact) mass is 291 g/mol. The first-order valence-corrected chi connectivity index (χ1v) is 7.38. The van der Waals surface area contributed by atoms with E-state index in [-0.39, 0.29) is 5.76 Å². The van der Waals surface area contributed by atoms with E-state index in [1.807, 2.05) is 18.2 Å². The lowest BCUT2D eigenvalue weighted by molar-refractivity contribution is -0.143. The van der Waals surface area contributed by atoms with Crippen LogP contribution in [-0.2, 0) is 4.79 Å². The Morgan fingerprint density at radius 1 is 1.35 bits per heavy atom. The summed E-state index contributed by atoms with van der Waals surface area (Å²) in [6, 6.07) is 8.91. The van der Waals surface area contributed by atoms with Gasteiger partial charge in [-0.1, -0.05) is 18.2 Å². The fraction of sp³-hybridized carbons (Fsp3) is 0.286. The van der Waals surface area contributed by atoms with E-state index < -0.39 is 17.4 Å². The topological polar surface area (TPSA) is 79.5 Å². The van der Waals surface area contributed by atoms with Gasteiger partial charge in [0.25, 0.3) is 5.91 Å². The number of carboxylic acid groups (broad SMARTS) is 1. The highest BCUT2D eigenvalue weighted by Gasteiger charge is 2.43. The number of carbonyl (C=O) groups excluding carboxylic acids is 1. The maximum atomic E-state index is 12.2. The zero-order valence-corrected chi connectivity index (χ0v) is 11.4. The zero-order chi connectivity index (χ0) is 14.2. The van der Waals surface area contributed by atoms with E-state index in [1.54, 1.807) is 12.1 Å². The average molecular weight is 291 g/mol. The third-order valence-electron chi connectivity index (χ3n) is 3.43. The van der Waals surface area contributed by atoms with E-state index in [4.69, 9.17) is 4.42 Å². The predicted molar refractivity (Wildman–Crippen MR) is 76.0 cm³/mol. The van der Waals surface area contributed by atoms with Crippen LogP contribution in [0, 0.1) is 0 Å². The summed E-state index contributed by atoms with van der Waals surface area (Å²) in [6.45, 7) is 0. The second-order valence-electron chi connectivity index (χ2n) is 4.79.